The van der Waals surface area contributed by atoms with E-state index in [1.165, 1.54) is 11.8 Å². The molecule has 1 saturated heterocycles. The first-order valence-corrected chi connectivity index (χ1v) is 10.5. The number of hydrogen-bond donors (Lipinski definition) is 0. The fourth-order valence-corrected chi connectivity index (χ4v) is 4.27. The van der Waals surface area contributed by atoms with Crippen molar-refractivity contribution in [2.75, 3.05) is 13.1 Å². The molecule has 0 bridgehead atoms. The first-order valence-electron chi connectivity index (χ1n) is 8.84. The van der Waals surface area contributed by atoms with Crippen molar-refractivity contribution in [1.29, 1.82) is 0 Å². The van der Waals surface area contributed by atoms with Gasteiger partial charge in [0.05, 0.1) is 9.38 Å². The van der Waals surface area contributed by atoms with Crippen LogP contribution < -0.4 is 4.74 Å². The van der Waals surface area contributed by atoms with Gasteiger partial charge in [0, 0.05) is 13.1 Å². The number of nitrogens with zero attached hydrogens (tertiary/aromatic N) is 2. The van der Waals surface area contributed by atoms with Gasteiger partial charge in [-0.25, -0.2) is 0 Å². The molecule has 140 valence electrons. The second-order valence-electron chi connectivity index (χ2n) is 5.88. The summed E-state index contributed by atoms with van der Waals surface area (Å²) in [4.78, 5) is 19.4. The molecule has 1 amide bonds. The third-order valence-corrected chi connectivity index (χ3v) is 5.65. The van der Waals surface area contributed by atoms with Crippen molar-refractivity contribution in [2.24, 2.45) is 4.99 Å². The van der Waals surface area contributed by atoms with Gasteiger partial charge in [0.15, 0.2) is 5.17 Å². The summed E-state index contributed by atoms with van der Waals surface area (Å²) in [6, 6.07) is 15.9. The lowest BCUT2D eigenvalue weighted by atomic mass is 10.2. The highest BCUT2D eigenvalue weighted by Gasteiger charge is 2.31. The van der Waals surface area contributed by atoms with Crippen LogP contribution in [0.3, 0.4) is 0 Å². The van der Waals surface area contributed by atoms with Crippen LogP contribution in [0, 0.1) is 0 Å². The van der Waals surface area contributed by atoms with Gasteiger partial charge in [-0.2, -0.15) is 0 Å². The number of hydrogen-bond acceptors (Lipinski definition) is 4. The van der Waals surface area contributed by atoms with Crippen molar-refractivity contribution in [3.05, 3.63) is 69.0 Å². The minimum absolute atomic E-state index is 0.00947. The van der Waals surface area contributed by atoms with Gasteiger partial charge in [-0.15, -0.1) is 0 Å². The molecular formula is C21H21BrN2O2S. The second-order valence-corrected chi connectivity index (χ2v) is 7.74. The average molecular weight is 445 g/mol. The van der Waals surface area contributed by atoms with Crippen LogP contribution in [0.15, 0.2) is 62.9 Å². The standard InChI is InChI=1S/C21H21BrN2O2S/c1-3-23-21-24(4-2)20(25)19(27-21)13-16-10-11-18(17(22)12-16)26-14-15-8-6-5-7-9-15/h5-13H,3-4,14H2,1-2H3/b19-13-,23-21?. The fraction of sp³-hybridized carbons (Fsp3) is 0.238. The Hall–Kier alpha value is -2.05. The molecule has 1 heterocycles. The number of benzene rings is 2. The van der Waals surface area contributed by atoms with Crippen molar-refractivity contribution in [3.63, 3.8) is 0 Å². The number of carbonyl (C=O) groups is 1. The van der Waals surface area contributed by atoms with Gasteiger partial charge in [0.2, 0.25) is 0 Å². The molecule has 4 nitrogen and oxygen atoms in total. The topological polar surface area (TPSA) is 41.9 Å². The van der Waals surface area contributed by atoms with Gasteiger partial charge in [0.1, 0.15) is 12.4 Å². The van der Waals surface area contributed by atoms with Gasteiger partial charge < -0.3 is 4.74 Å². The molecule has 2 aromatic carbocycles. The summed E-state index contributed by atoms with van der Waals surface area (Å²) in [6.45, 7) is 5.73. The number of aliphatic imine (C=N–C) groups is 1. The number of rotatable bonds is 6. The SMILES string of the molecule is CCN=C1S/C(=C\c2ccc(OCc3ccccc3)c(Br)c2)C(=O)N1CC. The Labute approximate surface area is 172 Å². The highest BCUT2D eigenvalue weighted by atomic mass is 79.9. The van der Waals surface area contributed by atoms with E-state index in [1.54, 1.807) is 4.90 Å². The Morgan fingerprint density at radius 3 is 2.63 bits per heavy atom. The van der Waals surface area contributed by atoms with E-state index >= 15 is 0 Å². The molecule has 2 aromatic rings. The molecule has 3 rings (SSSR count). The molecule has 0 N–H and O–H groups in total. The van der Waals surface area contributed by atoms with E-state index in [9.17, 15) is 4.79 Å². The average Bonchev–Trinajstić information content (AvgIpc) is 2.96. The lowest BCUT2D eigenvalue weighted by Gasteiger charge is -2.11. The predicted octanol–water partition coefficient (Wildman–Crippen LogP) is 5.34. The zero-order valence-electron chi connectivity index (χ0n) is 15.3. The molecule has 1 aliphatic heterocycles. The van der Waals surface area contributed by atoms with E-state index in [0.29, 0.717) is 24.6 Å². The zero-order valence-corrected chi connectivity index (χ0v) is 17.7. The second kappa shape index (κ2) is 9.24. The third kappa shape index (κ3) is 4.82. The first-order chi connectivity index (χ1) is 13.1. The van der Waals surface area contributed by atoms with Crippen LogP contribution in [-0.2, 0) is 11.4 Å². The maximum absolute atomic E-state index is 12.6. The Morgan fingerprint density at radius 1 is 1.19 bits per heavy atom. The van der Waals surface area contributed by atoms with Crippen LogP contribution in [-0.4, -0.2) is 29.1 Å². The molecule has 0 aliphatic carbocycles. The predicted molar refractivity (Wildman–Crippen MR) is 116 cm³/mol. The Balaban J connectivity index is 1.74. The van der Waals surface area contributed by atoms with Crippen LogP contribution in [0.5, 0.6) is 5.75 Å². The lowest BCUT2D eigenvalue weighted by molar-refractivity contribution is -0.122. The van der Waals surface area contributed by atoms with Gasteiger partial charge in [-0.3, -0.25) is 14.7 Å². The number of thioether (sulfide) groups is 1. The summed E-state index contributed by atoms with van der Waals surface area (Å²) in [5, 5.41) is 0.776. The fourth-order valence-electron chi connectivity index (χ4n) is 2.65. The molecule has 0 saturated carbocycles. The molecule has 27 heavy (non-hydrogen) atoms. The number of carbonyl (C=O) groups excluding carboxylic acids is 1. The molecular weight excluding hydrogens is 424 g/mol. The van der Waals surface area contributed by atoms with E-state index in [1.807, 2.05) is 68.5 Å². The molecule has 6 heteroatoms. The Morgan fingerprint density at radius 2 is 1.96 bits per heavy atom. The number of amidine groups is 1. The Kier molecular flexibility index (Phi) is 6.74. The van der Waals surface area contributed by atoms with E-state index in [-0.39, 0.29) is 5.91 Å². The zero-order chi connectivity index (χ0) is 19.2. The number of amides is 1. The van der Waals surface area contributed by atoms with Crippen molar-refractivity contribution in [3.8, 4) is 5.75 Å². The number of halogens is 1. The van der Waals surface area contributed by atoms with Gasteiger partial charge in [0.25, 0.3) is 5.91 Å². The van der Waals surface area contributed by atoms with Gasteiger partial charge in [-0.1, -0.05) is 36.4 Å². The van der Waals surface area contributed by atoms with Crippen molar-refractivity contribution in [2.45, 2.75) is 20.5 Å². The molecule has 0 atom stereocenters. The Bertz CT molecular complexity index is 881. The van der Waals surface area contributed by atoms with Crippen LogP contribution in [0.25, 0.3) is 6.08 Å². The molecule has 0 radical (unpaired) electrons. The lowest BCUT2D eigenvalue weighted by Crippen LogP contribution is -2.28. The number of likely N-dealkylation sites (N-methyl/N-ethyl adjacent to an activating group) is 1. The van der Waals surface area contributed by atoms with Crippen molar-refractivity contribution in [1.82, 2.24) is 4.90 Å². The van der Waals surface area contributed by atoms with Gasteiger partial charge >= 0.3 is 0 Å². The number of ether oxygens (including phenoxy) is 1. The summed E-state index contributed by atoms with van der Waals surface area (Å²) in [5.74, 6) is 0.782. The molecule has 1 fully saturated rings. The highest BCUT2D eigenvalue weighted by molar-refractivity contribution is 9.10. The van der Waals surface area contributed by atoms with Gasteiger partial charge in [-0.05, 0) is 70.9 Å². The summed E-state index contributed by atoms with van der Waals surface area (Å²) in [5.41, 5.74) is 2.06. The van der Waals surface area contributed by atoms with E-state index < -0.39 is 0 Å². The normalized spacial score (nSPS) is 17.1. The molecule has 0 aromatic heterocycles. The molecule has 1 aliphatic rings. The molecule has 0 spiro atoms. The van der Waals surface area contributed by atoms with Crippen LogP contribution >= 0.6 is 27.7 Å². The summed E-state index contributed by atoms with van der Waals surface area (Å²) < 4.78 is 6.74. The largest absolute Gasteiger partial charge is 0.488 e. The molecule has 0 unspecified atom stereocenters. The first kappa shape index (κ1) is 19.7. The minimum Gasteiger partial charge on any atom is -0.488 e. The summed E-state index contributed by atoms with van der Waals surface area (Å²) in [6.07, 6.45) is 1.90. The minimum atomic E-state index is 0.00947. The van der Waals surface area contributed by atoms with E-state index in [0.717, 1.165) is 26.5 Å². The highest BCUT2D eigenvalue weighted by Crippen LogP contribution is 2.34. The van der Waals surface area contributed by atoms with Crippen LogP contribution in [0.1, 0.15) is 25.0 Å². The quantitative estimate of drug-likeness (QED) is 0.564. The summed E-state index contributed by atoms with van der Waals surface area (Å²) >= 11 is 5.00. The maximum Gasteiger partial charge on any atom is 0.266 e. The van der Waals surface area contributed by atoms with Crippen LogP contribution in [0.2, 0.25) is 0 Å². The smallest absolute Gasteiger partial charge is 0.266 e. The third-order valence-electron chi connectivity index (χ3n) is 3.99. The van der Waals surface area contributed by atoms with E-state index in [2.05, 4.69) is 20.9 Å². The van der Waals surface area contributed by atoms with E-state index in [4.69, 9.17) is 4.74 Å². The van der Waals surface area contributed by atoms with Crippen LogP contribution in [0.4, 0.5) is 0 Å². The van der Waals surface area contributed by atoms with Crippen molar-refractivity contribution < 1.29 is 9.53 Å². The van der Waals surface area contributed by atoms with Crippen molar-refractivity contribution >= 4 is 44.8 Å². The monoisotopic (exact) mass is 444 g/mol. The summed E-state index contributed by atoms with van der Waals surface area (Å²) in [7, 11) is 0. The maximum atomic E-state index is 12.6.